The van der Waals surface area contributed by atoms with E-state index in [1.54, 1.807) is 25.8 Å². The Balaban J connectivity index is 2.33. The molecule has 0 saturated carbocycles. The summed E-state index contributed by atoms with van der Waals surface area (Å²) in [6, 6.07) is 3.69. The van der Waals surface area contributed by atoms with Gasteiger partial charge in [0.15, 0.2) is 10.8 Å². The molecule has 0 spiro atoms. The molecule has 0 radical (unpaired) electrons. The van der Waals surface area contributed by atoms with Gasteiger partial charge in [-0.1, -0.05) is 11.6 Å². The number of halogens is 1. The van der Waals surface area contributed by atoms with Crippen molar-refractivity contribution in [2.24, 2.45) is 0 Å². The highest BCUT2D eigenvalue weighted by Crippen LogP contribution is 2.41. The van der Waals surface area contributed by atoms with E-state index in [4.69, 9.17) is 16.3 Å². The fraction of sp³-hybridized carbons (Fsp3) is 0.357. The number of hydrogen-bond donors (Lipinski definition) is 0. The summed E-state index contributed by atoms with van der Waals surface area (Å²) in [7, 11) is 1.73. The molecule has 3 rings (SSSR count). The van der Waals surface area contributed by atoms with Crippen molar-refractivity contribution in [3.05, 3.63) is 23.0 Å². The lowest BCUT2D eigenvalue weighted by atomic mass is 10.0. The Kier molecular flexibility index (Phi) is 2.66. The first kappa shape index (κ1) is 13.1. The number of nitrogens with zero attached hydrogens (tertiary/aromatic N) is 3. The highest BCUT2D eigenvalue weighted by atomic mass is 35.5. The first-order valence-electron chi connectivity index (χ1n) is 6.25. The molecule has 0 N–H and O–H groups in total. The molecule has 104 valence electrons. The van der Waals surface area contributed by atoms with E-state index in [1.165, 1.54) is 0 Å². The van der Waals surface area contributed by atoms with Crippen molar-refractivity contribution in [1.29, 1.82) is 0 Å². The van der Waals surface area contributed by atoms with Gasteiger partial charge in [-0.2, -0.15) is 5.10 Å². The molecular formula is C14H14ClN3O2. The quantitative estimate of drug-likeness (QED) is 0.749. The third-order valence-corrected chi connectivity index (χ3v) is 3.82. The van der Waals surface area contributed by atoms with Crippen molar-refractivity contribution in [2.75, 3.05) is 11.9 Å². The van der Waals surface area contributed by atoms with Crippen LogP contribution in [-0.2, 0) is 4.79 Å². The Bertz CT molecular complexity index is 743. The molecule has 0 bridgehead atoms. The number of amides is 1. The molecule has 1 aliphatic rings. The maximum atomic E-state index is 12.2. The summed E-state index contributed by atoms with van der Waals surface area (Å²) < 4.78 is 5.82. The Hall–Kier alpha value is -1.88. The van der Waals surface area contributed by atoms with Crippen molar-refractivity contribution >= 4 is 34.0 Å². The van der Waals surface area contributed by atoms with E-state index in [0.717, 1.165) is 16.5 Å². The van der Waals surface area contributed by atoms with Gasteiger partial charge in [0.2, 0.25) is 0 Å². The number of ether oxygens (including phenoxy) is 1. The number of carbonyl (C=O) groups excluding carboxylic acids is 1. The number of aryl methyl sites for hydroxylation is 1. The Labute approximate surface area is 121 Å². The molecule has 20 heavy (non-hydrogen) atoms. The summed E-state index contributed by atoms with van der Waals surface area (Å²) in [4.78, 5) is 13.8. The lowest BCUT2D eigenvalue weighted by molar-refractivity contribution is -0.132. The van der Waals surface area contributed by atoms with Crippen molar-refractivity contribution < 1.29 is 9.53 Å². The summed E-state index contributed by atoms with van der Waals surface area (Å²) in [6.07, 6.45) is 0. The Morgan fingerprint density at radius 1 is 1.25 bits per heavy atom. The SMILES string of the molecule is Cc1nnc(Cl)c2cc3c(cc12)OC(C)(C)C(=O)N3C. The third-order valence-electron chi connectivity index (χ3n) is 3.55. The van der Waals surface area contributed by atoms with Gasteiger partial charge in [-0.25, -0.2) is 0 Å². The van der Waals surface area contributed by atoms with Crippen LogP contribution < -0.4 is 9.64 Å². The van der Waals surface area contributed by atoms with E-state index in [-0.39, 0.29) is 5.91 Å². The molecule has 0 fully saturated rings. The fourth-order valence-electron chi connectivity index (χ4n) is 2.44. The van der Waals surface area contributed by atoms with Gasteiger partial charge < -0.3 is 9.64 Å². The molecule has 1 amide bonds. The second-order valence-electron chi connectivity index (χ2n) is 5.42. The second kappa shape index (κ2) is 4.06. The lowest BCUT2D eigenvalue weighted by Gasteiger charge is -2.37. The molecule has 0 saturated heterocycles. The van der Waals surface area contributed by atoms with Crippen molar-refractivity contribution in [1.82, 2.24) is 10.2 Å². The smallest absolute Gasteiger partial charge is 0.270 e. The van der Waals surface area contributed by atoms with E-state index in [0.29, 0.717) is 16.6 Å². The van der Waals surface area contributed by atoms with Crippen LogP contribution in [0.5, 0.6) is 5.75 Å². The predicted molar refractivity (Wildman–Crippen MR) is 77.4 cm³/mol. The molecule has 1 aliphatic heterocycles. The summed E-state index contributed by atoms with van der Waals surface area (Å²) in [6.45, 7) is 5.37. The lowest BCUT2D eigenvalue weighted by Crippen LogP contribution is -2.50. The van der Waals surface area contributed by atoms with Crippen LogP contribution >= 0.6 is 11.6 Å². The van der Waals surface area contributed by atoms with Crippen molar-refractivity contribution in [3.63, 3.8) is 0 Å². The zero-order chi connectivity index (χ0) is 14.7. The number of carbonyl (C=O) groups is 1. The minimum Gasteiger partial charge on any atom is -0.476 e. The summed E-state index contributed by atoms with van der Waals surface area (Å²) >= 11 is 6.09. The number of anilines is 1. The summed E-state index contributed by atoms with van der Waals surface area (Å²) in [5.41, 5.74) is 0.581. The summed E-state index contributed by atoms with van der Waals surface area (Å²) in [5.74, 6) is 0.552. The highest BCUT2D eigenvalue weighted by Gasteiger charge is 2.39. The highest BCUT2D eigenvalue weighted by molar-refractivity contribution is 6.34. The van der Waals surface area contributed by atoms with E-state index >= 15 is 0 Å². The number of fused-ring (bicyclic) bond motifs is 2. The molecule has 1 aromatic heterocycles. The van der Waals surface area contributed by atoms with E-state index in [9.17, 15) is 4.79 Å². The zero-order valence-corrected chi connectivity index (χ0v) is 12.4. The third kappa shape index (κ3) is 1.73. The predicted octanol–water partition coefficient (Wildman–Crippen LogP) is 2.73. The maximum Gasteiger partial charge on any atom is 0.270 e. The summed E-state index contributed by atoms with van der Waals surface area (Å²) in [5, 5.41) is 9.87. The van der Waals surface area contributed by atoms with Crippen LogP contribution in [0.15, 0.2) is 12.1 Å². The molecule has 2 aromatic rings. The molecule has 1 aromatic carbocycles. The van der Waals surface area contributed by atoms with Gasteiger partial charge in [0.05, 0.1) is 11.4 Å². The number of rotatable bonds is 0. The minimum atomic E-state index is -0.881. The van der Waals surface area contributed by atoms with Gasteiger partial charge in [0.1, 0.15) is 5.75 Å². The standard InChI is InChI=1S/C14H14ClN3O2/c1-7-8-6-11-10(5-9(8)12(15)17-16-7)18(4)13(19)14(2,3)20-11/h5-6H,1-4H3. The van der Waals surface area contributed by atoms with Gasteiger partial charge >= 0.3 is 0 Å². The Morgan fingerprint density at radius 2 is 1.95 bits per heavy atom. The minimum absolute atomic E-state index is 0.0980. The van der Waals surface area contributed by atoms with Crippen LogP contribution in [0.1, 0.15) is 19.5 Å². The first-order valence-corrected chi connectivity index (χ1v) is 6.63. The monoisotopic (exact) mass is 291 g/mol. The maximum absolute atomic E-state index is 12.2. The van der Waals surface area contributed by atoms with Gasteiger partial charge in [0.25, 0.3) is 5.91 Å². The molecule has 6 heteroatoms. The molecule has 0 unspecified atom stereocenters. The van der Waals surface area contributed by atoms with E-state index in [2.05, 4.69) is 10.2 Å². The number of aromatic nitrogens is 2. The average molecular weight is 292 g/mol. The van der Waals surface area contributed by atoms with Crippen molar-refractivity contribution in [2.45, 2.75) is 26.4 Å². The van der Waals surface area contributed by atoms with E-state index < -0.39 is 5.60 Å². The van der Waals surface area contributed by atoms with Gasteiger partial charge in [-0.05, 0) is 32.9 Å². The van der Waals surface area contributed by atoms with Crippen LogP contribution in [0.25, 0.3) is 10.8 Å². The van der Waals surface area contributed by atoms with Crippen LogP contribution in [-0.4, -0.2) is 28.8 Å². The molecule has 0 atom stereocenters. The van der Waals surface area contributed by atoms with Crippen LogP contribution in [0.3, 0.4) is 0 Å². The first-order chi connectivity index (χ1) is 9.31. The number of likely N-dealkylation sites (N-methyl/N-ethyl adjacent to an activating group) is 1. The van der Waals surface area contributed by atoms with Gasteiger partial charge in [-0.3, -0.25) is 4.79 Å². The fourth-order valence-corrected chi connectivity index (χ4v) is 2.63. The molecule has 2 heterocycles. The van der Waals surface area contributed by atoms with Crippen LogP contribution in [0.2, 0.25) is 5.15 Å². The van der Waals surface area contributed by atoms with Crippen LogP contribution in [0.4, 0.5) is 5.69 Å². The van der Waals surface area contributed by atoms with E-state index in [1.807, 2.05) is 19.1 Å². The van der Waals surface area contributed by atoms with Gasteiger partial charge in [0, 0.05) is 17.8 Å². The number of hydrogen-bond acceptors (Lipinski definition) is 4. The van der Waals surface area contributed by atoms with Crippen LogP contribution in [0, 0.1) is 6.92 Å². The molecular weight excluding hydrogens is 278 g/mol. The average Bonchev–Trinajstić information content (AvgIpc) is 2.39. The molecule has 5 nitrogen and oxygen atoms in total. The molecule has 0 aliphatic carbocycles. The van der Waals surface area contributed by atoms with Crippen molar-refractivity contribution in [3.8, 4) is 5.75 Å². The zero-order valence-electron chi connectivity index (χ0n) is 11.7. The second-order valence-corrected chi connectivity index (χ2v) is 5.78. The topological polar surface area (TPSA) is 55.3 Å². The number of benzene rings is 1. The normalized spacial score (nSPS) is 17.1. The Morgan fingerprint density at radius 3 is 2.65 bits per heavy atom. The van der Waals surface area contributed by atoms with Gasteiger partial charge in [-0.15, -0.1) is 5.10 Å². The largest absolute Gasteiger partial charge is 0.476 e.